The molecule has 0 radical (unpaired) electrons. The number of hydrogen-bond donors (Lipinski definition) is 1. The SMILES string of the molecule is CCOc1cc(CNC(=O)CC#N)cc(Cl)c1OCC. The van der Waals surface area contributed by atoms with Crippen molar-refractivity contribution in [2.24, 2.45) is 0 Å². The lowest BCUT2D eigenvalue weighted by atomic mass is 10.2. The number of carbonyl (C=O) groups excluding carboxylic acids is 1. The third-order valence-corrected chi connectivity index (χ3v) is 2.67. The van der Waals surface area contributed by atoms with Crippen molar-refractivity contribution in [1.82, 2.24) is 5.32 Å². The second-order valence-corrected chi connectivity index (χ2v) is 4.29. The lowest BCUT2D eigenvalue weighted by Gasteiger charge is -2.14. The maximum Gasteiger partial charge on any atom is 0.234 e. The number of nitrogens with zero attached hydrogens (tertiary/aromatic N) is 1. The molecule has 0 aromatic heterocycles. The molecule has 0 aliphatic heterocycles. The highest BCUT2D eigenvalue weighted by Gasteiger charge is 2.12. The first kappa shape index (κ1) is 16.1. The average Bonchev–Trinajstić information content (AvgIpc) is 2.41. The van der Waals surface area contributed by atoms with E-state index >= 15 is 0 Å². The first-order valence-corrected chi connectivity index (χ1v) is 6.71. The lowest BCUT2D eigenvalue weighted by Crippen LogP contribution is -2.21. The van der Waals surface area contributed by atoms with Crippen molar-refractivity contribution in [1.29, 1.82) is 5.26 Å². The Morgan fingerprint density at radius 3 is 2.65 bits per heavy atom. The molecule has 1 rings (SSSR count). The van der Waals surface area contributed by atoms with Gasteiger partial charge in [-0.25, -0.2) is 0 Å². The highest BCUT2D eigenvalue weighted by molar-refractivity contribution is 6.32. The average molecular weight is 297 g/mol. The van der Waals surface area contributed by atoms with Crippen molar-refractivity contribution in [2.75, 3.05) is 13.2 Å². The zero-order valence-corrected chi connectivity index (χ0v) is 12.3. The van der Waals surface area contributed by atoms with Gasteiger partial charge in [0.2, 0.25) is 5.91 Å². The molecule has 108 valence electrons. The topological polar surface area (TPSA) is 71.3 Å². The molecule has 1 N–H and O–H groups in total. The summed E-state index contributed by atoms with van der Waals surface area (Å²) in [7, 11) is 0. The molecule has 0 heterocycles. The molecule has 0 saturated heterocycles. The highest BCUT2D eigenvalue weighted by Crippen LogP contribution is 2.36. The van der Waals surface area contributed by atoms with Crippen molar-refractivity contribution in [3.05, 3.63) is 22.7 Å². The van der Waals surface area contributed by atoms with E-state index in [2.05, 4.69) is 5.32 Å². The van der Waals surface area contributed by atoms with Gasteiger partial charge in [0.1, 0.15) is 6.42 Å². The molecule has 0 unspecified atom stereocenters. The molecule has 6 heteroatoms. The van der Waals surface area contributed by atoms with Gasteiger partial charge >= 0.3 is 0 Å². The third-order valence-electron chi connectivity index (χ3n) is 2.39. The molecule has 5 nitrogen and oxygen atoms in total. The van der Waals surface area contributed by atoms with Gasteiger partial charge in [-0.05, 0) is 31.5 Å². The number of amides is 1. The van der Waals surface area contributed by atoms with E-state index in [1.165, 1.54) is 0 Å². The number of carbonyl (C=O) groups is 1. The van der Waals surface area contributed by atoms with E-state index in [0.29, 0.717) is 29.7 Å². The van der Waals surface area contributed by atoms with Gasteiger partial charge in [-0.15, -0.1) is 0 Å². The second kappa shape index (κ2) is 8.28. The fourth-order valence-corrected chi connectivity index (χ4v) is 1.89. The summed E-state index contributed by atoms with van der Waals surface area (Å²) in [6.45, 7) is 4.98. The van der Waals surface area contributed by atoms with E-state index in [0.717, 1.165) is 5.56 Å². The standard InChI is InChI=1S/C14H17ClN2O3/c1-3-19-12-8-10(9-17-13(18)5-6-16)7-11(15)14(12)20-4-2/h7-8H,3-5,9H2,1-2H3,(H,17,18). The Labute approximate surface area is 123 Å². The van der Waals surface area contributed by atoms with Gasteiger partial charge in [-0.2, -0.15) is 5.26 Å². The van der Waals surface area contributed by atoms with Gasteiger partial charge in [-0.3, -0.25) is 4.79 Å². The molecule has 1 aromatic carbocycles. The molecule has 0 spiro atoms. The summed E-state index contributed by atoms with van der Waals surface area (Å²) in [5.74, 6) is 0.727. The Kier molecular flexibility index (Phi) is 6.68. The summed E-state index contributed by atoms with van der Waals surface area (Å²) in [6.07, 6.45) is -0.164. The van der Waals surface area contributed by atoms with Crippen molar-refractivity contribution >= 4 is 17.5 Å². The molecule has 0 aliphatic carbocycles. The van der Waals surface area contributed by atoms with Crippen LogP contribution >= 0.6 is 11.6 Å². The third kappa shape index (κ3) is 4.63. The first-order chi connectivity index (χ1) is 9.62. The van der Waals surface area contributed by atoms with Gasteiger partial charge in [0.15, 0.2) is 11.5 Å². The molecule has 0 fully saturated rings. The zero-order valence-electron chi connectivity index (χ0n) is 11.5. The van der Waals surface area contributed by atoms with Crippen LogP contribution < -0.4 is 14.8 Å². The molecular formula is C14H17ClN2O3. The van der Waals surface area contributed by atoms with Crippen LogP contribution in [-0.4, -0.2) is 19.1 Å². The normalized spacial score (nSPS) is 9.70. The van der Waals surface area contributed by atoms with E-state index in [1.807, 2.05) is 13.8 Å². The van der Waals surface area contributed by atoms with Crippen LogP contribution in [0.1, 0.15) is 25.8 Å². The van der Waals surface area contributed by atoms with E-state index in [-0.39, 0.29) is 18.9 Å². The molecular weight excluding hydrogens is 280 g/mol. The van der Waals surface area contributed by atoms with E-state index < -0.39 is 0 Å². The van der Waals surface area contributed by atoms with Gasteiger partial charge in [-0.1, -0.05) is 11.6 Å². The Morgan fingerprint density at radius 1 is 1.35 bits per heavy atom. The predicted octanol–water partition coefficient (Wildman–Crippen LogP) is 2.67. The van der Waals surface area contributed by atoms with Crippen molar-refractivity contribution in [2.45, 2.75) is 26.8 Å². The van der Waals surface area contributed by atoms with Crippen LogP contribution in [0.15, 0.2) is 12.1 Å². The van der Waals surface area contributed by atoms with Crippen molar-refractivity contribution < 1.29 is 14.3 Å². The van der Waals surface area contributed by atoms with Crippen LogP contribution in [0.25, 0.3) is 0 Å². The van der Waals surface area contributed by atoms with Crippen LogP contribution in [0.2, 0.25) is 5.02 Å². The van der Waals surface area contributed by atoms with Crippen molar-refractivity contribution in [3.8, 4) is 17.6 Å². The van der Waals surface area contributed by atoms with Crippen LogP contribution in [-0.2, 0) is 11.3 Å². The van der Waals surface area contributed by atoms with Gasteiger partial charge in [0.05, 0.1) is 24.3 Å². The molecule has 0 bridgehead atoms. The Balaban J connectivity index is 2.88. The summed E-state index contributed by atoms with van der Waals surface area (Å²) >= 11 is 6.16. The summed E-state index contributed by atoms with van der Waals surface area (Å²) in [5.41, 5.74) is 0.785. The molecule has 0 atom stereocenters. The fourth-order valence-electron chi connectivity index (χ4n) is 1.61. The predicted molar refractivity (Wildman–Crippen MR) is 75.9 cm³/mol. The van der Waals surface area contributed by atoms with Crippen LogP contribution in [0.5, 0.6) is 11.5 Å². The minimum Gasteiger partial charge on any atom is -0.490 e. The minimum atomic E-state index is -0.324. The summed E-state index contributed by atoms with van der Waals surface area (Å²) in [4.78, 5) is 11.3. The number of nitriles is 1. The largest absolute Gasteiger partial charge is 0.490 e. The second-order valence-electron chi connectivity index (χ2n) is 3.88. The number of ether oxygens (including phenoxy) is 2. The molecule has 0 aliphatic rings. The summed E-state index contributed by atoms with van der Waals surface area (Å²) < 4.78 is 10.9. The Bertz CT molecular complexity index is 512. The number of nitrogens with one attached hydrogen (secondary N) is 1. The maximum absolute atomic E-state index is 11.3. The Morgan fingerprint density at radius 2 is 2.05 bits per heavy atom. The number of benzene rings is 1. The van der Waals surface area contributed by atoms with Crippen molar-refractivity contribution in [3.63, 3.8) is 0 Å². The summed E-state index contributed by atoms with van der Waals surface area (Å²) in [6, 6.07) is 5.27. The van der Waals surface area contributed by atoms with E-state index in [1.54, 1.807) is 18.2 Å². The van der Waals surface area contributed by atoms with Gasteiger partial charge in [0.25, 0.3) is 0 Å². The molecule has 20 heavy (non-hydrogen) atoms. The van der Waals surface area contributed by atoms with Gasteiger partial charge < -0.3 is 14.8 Å². The molecule has 1 aromatic rings. The molecule has 1 amide bonds. The van der Waals surface area contributed by atoms with Gasteiger partial charge in [0, 0.05) is 6.54 Å². The smallest absolute Gasteiger partial charge is 0.234 e. The highest BCUT2D eigenvalue weighted by atomic mass is 35.5. The first-order valence-electron chi connectivity index (χ1n) is 6.34. The van der Waals surface area contributed by atoms with Crippen LogP contribution in [0.4, 0.5) is 0 Å². The lowest BCUT2D eigenvalue weighted by molar-refractivity contribution is -0.120. The van der Waals surface area contributed by atoms with Crippen LogP contribution in [0.3, 0.4) is 0 Å². The maximum atomic E-state index is 11.3. The number of rotatable bonds is 7. The minimum absolute atomic E-state index is 0.164. The summed E-state index contributed by atoms with van der Waals surface area (Å²) in [5, 5.41) is 11.5. The zero-order chi connectivity index (χ0) is 15.0. The quantitative estimate of drug-likeness (QED) is 0.839. The molecule has 0 saturated carbocycles. The van der Waals surface area contributed by atoms with E-state index in [4.69, 9.17) is 26.3 Å². The van der Waals surface area contributed by atoms with E-state index in [9.17, 15) is 4.79 Å². The Hall–Kier alpha value is -1.93. The monoisotopic (exact) mass is 296 g/mol. The fraction of sp³-hybridized carbons (Fsp3) is 0.429. The van der Waals surface area contributed by atoms with Crippen LogP contribution in [0, 0.1) is 11.3 Å². The number of halogens is 1. The number of hydrogen-bond acceptors (Lipinski definition) is 4.